The van der Waals surface area contributed by atoms with Gasteiger partial charge >= 0.3 is 0 Å². The van der Waals surface area contributed by atoms with E-state index in [1.807, 2.05) is 0 Å². The highest BCUT2D eigenvalue weighted by Gasteiger charge is 2.14. The predicted molar refractivity (Wildman–Crippen MR) is 98.8 cm³/mol. The molecule has 0 saturated carbocycles. The highest BCUT2D eigenvalue weighted by Crippen LogP contribution is 2.23. The molecule has 0 fully saturated rings. The lowest BCUT2D eigenvalue weighted by atomic mass is 10.2. The van der Waals surface area contributed by atoms with Crippen LogP contribution in [-0.4, -0.2) is 20.9 Å². The molecule has 2 aromatic rings. The molecule has 0 saturated heterocycles. The fourth-order valence-corrected chi connectivity index (χ4v) is 3.77. The van der Waals surface area contributed by atoms with Gasteiger partial charge in [-0.1, -0.05) is 39.7 Å². The lowest BCUT2D eigenvalue weighted by Gasteiger charge is -2.10. The van der Waals surface area contributed by atoms with Crippen LogP contribution in [0.15, 0.2) is 51.8 Å². The third kappa shape index (κ3) is 5.04. The van der Waals surface area contributed by atoms with E-state index in [0.717, 1.165) is 5.56 Å². The Bertz CT molecular complexity index is 856. The number of hydrogen-bond donors (Lipinski definition) is 2. The Morgan fingerprint density at radius 2 is 1.92 bits per heavy atom. The maximum absolute atomic E-state index is 12.1. The number of benzene rings is 2. The van der Waals surface area contributed by atoms with Crippen LogP contribution in [0.2, 0.25) is 5.02 Å². The van der Waals surface area contributed by atoms with Crippen LogP contribution < -0.4 is 10.0 Å². The fraction of sp³-hybridized carbons (Fsp3) is 0.188. The first kappa shape index (κ1) is 18.9. The largest absolute Gasteiger partial charge is 0.326 e. The summed E-state index contributed by atoms with van der Waals surface area (Å²) in [4.78, 5) is 12.1. The van der Waals surface area contributed by atoms with Crippen LogP contribution in [0.5, 0.6) is 0 Å². The molecule has 0 unspecified atom stereocenters. The second-order valence-corrected chi connectivity index (χ2v) is 8.16. The summed E-state index contributed by atoms with van der Waals surface area (Å²) >= 11 is 9.22. The third-order valence-corrected chi connectivity index (χ3v) is 5.65. The lowest BCUT2D eigenvalue weighted by molar-refractivity contribution is -0.116. The standard InChI is InChI=1S/C16H16BrClN2O3S/c1-11-14(18)6-3-7-15(11)20-16(21)8-9-19-24(22,23)13-5-2-4-12(17)10-13/h2-7,10,19H,8-9H2,1H3,(H,20,21). The second-order valence-electron chi connectivity index (χ2n) is 5.07. The van der Waals surface area contributed by atoms with E-state index in [0.29, 0.717) is 15.2 Å². The summed E-state index contributed by atoms with van der Waals surface area (Å²) in [6.45, 7) is 1.80. The number of anilines is 1. The quantitative estimate of drug-likeness (QED) is 0.732. The van der Waals surface area contributed by atoms with Gasteiger partial charge in [0.25, 0.3) is 0 Å². The smallest absolute Gasteiger partial charge is 0.240 e. The molecular formula is C16H16BrClN2O3S. The number of nitrogens with one attached hydrogen (secondary N) is 2. The van der Waals surface area contributed by atoms with Gasteiger partial charge in [0.05, 0.1) is 4.90 Å². The molecule has 0 aliphatic heterocycles. The van der Waals surface area contributed by atoms with Crippen molar-refractivity contribution in [3.05, 3.63) is 57.5 Å². The van der Waals surface area contributed by atoms with Gasteiger partial charge in [0.1, 0.15) is 0 Å². The number of amides is 1. The second kappa shape index (κ2) is 8.11. The SMILES string of the molecule is Cc1c(Cl)cccc1NC(=O)CCNS(=O)(=O)c1cccc(Br)c1. The molecule has 2 aromatic carbocycles. The third-order valence-electron chi connectivity index (χ3n) is 3.29. The summed E-state index contributed by atoms with van der Waals surface area (Å²) in [6.07, 6.45) is 0.0131. The van der Waals surface area contributed by atoms with Gasteiger partial charge in [-0.25, -0.2) is 13.1 Å². The van der Waals surface area contributed by atoms with Gasteiger partial charge in [0.2, 0.25) is 15.9 Å². The molecular weight excluding hydrogens is 416 g/mol. The predicted octanol–water partition coefficient (Wildman–Crippen LogP) is 3.72. The highest BCUT2D eigenvalue weighted by atomic mass is 79.9. The molecule has 0 atom stereocenters. The van der Waals surface area contributed by atoms with Crippen molar-refractivity contribution >= 4 is 49.1 Å². The van der Waals surface area contributed by atoms with Crippen molar-refractivity contribution in [3.8, 4) is 0 Å². The number of sulfonamides is 1. The monoisotopic (exact) mass is 430 g/mol. The van der Waals surface area contributed by atoms with Crippen molar-refractivity contribution in [3.63, 3.8) is 0 Å². The number of halogens is 2. The number of carbonyl (C=O) groups is 1. The Morgan fingerprint density at radius 1 is 1.21 bits per heavy atom. The van der Waals surface area contributed by atoms with Crippen molar-refractivity contribution in [2.75, 3.05) is 11.9 Å². The van der Waals surface area contributed by atoms with Crippen LogP contribution in [0.3, 0.4) is 0 Å². The van der Waals surface area contributed by atoms with E-state index in [1.165, 1.54) is 12.1 Å². The van der Waals surface area contributed by atoms with Crippen molar-refractivity contribution in [1.29, 1.82) is 0 Å². The van der Waals surface area contributed by atoms with E-state index < -0.39 is 10.0 Å². The van der Waals surface area contributed by atoms with E-state index in [-0.39, 0.29) is 23.8 Å². The zero-order chi connectivity index (χ0) is 17.7. The Labute approximate surface area is 154 Å². The minimum absolute atomic E-state index is 0.000291. The summed E-state index contributed by atoms with van der Waals surface area (Å²) in [5, 5.41) is 3.28. The molecule has 5 nitrogen and oxygen atoms in total. The van der Waals surface area contributed by atoms with E-state index >= 15 is 0 Å². The molecule has 0 aliphatic rings. The van der Waals surface area contributed by atoms with Gasteiger partial charge in [-0.15, -0.1) is 0 Å². The zero-order valence-electron chi connectivity index (χ0n) is 12.8. The Kier molecular flexibility index (Phi) is 6.40. The molecule has 0 spiro atoms. The van der Waals surface area contributed by atoms with Gasteiger partial charge in [0.15, 0.2) is 0 Å². The molecule has 128 valence electrons. The number of carbonyl (C=O) groups excluding carboxylic acids is 1. The minimum atomic E-state index is -3.65. The molecule has 0 radical (unpaired) electrons. The van der Waals surface area contributed by atoms with E-state index in [2.05, 4.69) is 26.0 Å². The van der Waals surface area contributed by atoms with Crippen molar-refractivity contribution < 1.29 is 13.2 Å². The maximum atomic E-state index is 12.1. The molecule has 24 heavy (non-hydrogen) atoms. The van der Waals surface area contributed by atoms with Crippen molar-refractivity contribution in [2.24, 2.45) is 0 Å². The molecule has 2 N–H and O–H groups in total. The van der Waals surface area contributed by atoms with Gasteiger partial charge in [-0.05, 0) is 42.8 Å². The minimum Gasteiger partial charge on any atom is -0.326 e. The van der Waals surface area contributed by atoms with Crippen LogP contribution in [0, 0.1) is 6.92 Å². The van der Waals surface area contributed by atoms with Crippen LogP contribution in [0.1, 0.15) is 12.0 Å². The summed E-state index contributed by atoms with van der Waals surface area (Å²) in [7, 11) is -3.65. The normalized spacial score (nSPS) is 11.3. The molecule has 0 aromatic heterocycles. The molecule has 0 bridgehead atoms. The average molecular weight is 432 g/mol. The molecule has 8 heteroatoms. The topological polar surface area (TPSA) is 75.3 Å². The van der Waals surface area contributed by atoms with Crippen LogP contribution in [-0.2, 0) is 14.8 Å². The summed E-state index contributed by atoms with van der Waals surface area (Å²) in [6, 6.07) is 11.6. The first-order valence-corrected chi connectivity index (χ1v) is 9.75. The summed E-state index contributed by atoms with van der Waals surface area (Å²) < 4.78 is 27.4. The van der Waals surface area contributed by atoms with Crippen molar-refractivity contribution in [2.45, 2.75) is 18.2 Å². The highest BCUT2D eigenvalue weighted by molar-refractivity contribution is 9.10. The Balaban J connectivity index is 1.92. The maximum Gasteiger partial charge on any atom is 0.240 e. The fourth-order valence-electron chi connectivity index (χ4n) is 1.97. The molecule has 1 amide bonds. The van der Waals surface area contributed by atoms with E-state index in [1.54, 1.807) is 37.3 Å². The number of rotatable bonds is 6. The first-order chi connectivity index (χ1) is 11.3. The first-order valence-electron chi connectivity index (χ1n) is 7.10. The van der Waals surface area contributed by atoms with E-state index in [9.17, 15) is 13.2 Å². The molecule has 0 aliphatic carbocycles. The van der Waals surface area contributed by atoms with Gasteiger partial charge < -0.3 is 5.32 Å². The molecule has 2 rings (SSSR count). The van der Waals surface area contributed by atoms with E-state index in [4.69, 9.17) is 11.6 Å². The van der Waals surface area contributed by atoms with Crippen LogP contribution in [0.4, 0.5) is 5.69 Å². The number of hydrogen-bond acceptors (Lipinski definition) is 3. The van der Waals surface area contributed by atoms with Gasteiger partial charge in [-0.2, -0.15) is 0 Å². The van der Waals surface area contributed by atoms with Gasteiger partial charge in [0, 0.05) is 28.1 Å². The Morgan fingerprint density at radius 3 is 2.62 bits per heavy atom. The van der Waals surface area contributed by atoms with Crippen LogP contribution in [0.25, 0.3) is 0 Å². The Hall–Kier alpha value is -1.41. The molecule has 0 heterocycles. The van der Waals surface area contributed by atoms with Crippen LogP contribution >= 0.6 is 27.5 Å². The van der Waals surface area contributed by atoms with Crippen molar-refractivity contribution in [1.82, 2.24) is 4.72 Å². The zero-order valence-corrected chi connectivity index (χ0v) is 16.0. The summed E-state index contributed by atoms with van der Waals surface area (Å²) in [5.74, 6) is -0.294. The van der Waals surface area contributed by atoms with Gasteiger partial charge in [-0.3, -0.25) is 4.79 Å². The lowest BCUT2D eigenvalue weighted by Crippen LogP contribution is -2.28. The average Bonchev–Trinajstić information content (AvgIpc) is 2.52. The summed E-state index contributed by atoms with van der Waals surface area (Å²) in [5.41, 5.74) is 1.38.